The zero-order valence-corrected chi connectivity index (χ0v) is 25.1. The summed E-state index contributed by atoms with van der Waals surface area (Å²) in [5, 5.41) is 7.32. The smallest absolute Gasteiger partial charge is 0.457 e. The van der Waals surface area contributed by atoms with Crippen LogP contribution >= 0.6 is 0 Å². The minimum Gasteiger partial charge on any atom is -0.457 e. The van der Waals surface area contributed by atoms with Crippen molar-refractivity contribution < 1.29 is 56.8 Å². The molecule has 2 rings (SSSR count). The summed E-state index contributed by atoms with van der Waals surface area (Å²) in [6, 6.07) is 14.1. The predicted octanol–water partition coefficient (Wildman–Crippen LogP) is 4.38. The van der Waals surface area contributed by atoms with Crippen molar-refractivity contribution in [3.05, 3.63) is 47.8 Å². The molecule has 41 heavy (non-hydrogen) atoms. The molecule has 0 aromatic carbocycles. The van der Waals surface area contributed by atoms with Crippen LogP contribution in [0.5, 0.6) is 0 Å². The van der Waals surface area contributed by atoms with Gasteiger partial charge in [-0.05, 0) is 38.4 Å². The Morgan fingerprint density at radius 1 is 0.659 bits per heavy atom. The summed E-state index contributed by atoms with van der Waals surface area (Å²) in [6.45, 7) is 5.10. The van der Waals surface area contributed by atoms with Gasteiger partial charge in [-0.2, -0.15) is 5.26 Å². The zero-order valence-electron chi connectivity index (χ0n) is 24.0. The third kappa shape index (κ3) is 31.7. The van der Waals surface area contributed by atoms with Gasteiger partial charge in [0.1, 0.15) is 11.6 Å². The molecule has 19 heteroatoms. The van der Waals surface area contributed by atoms with Gasteiger partial charge in [-0.25, -0.2) is 9.97 Å². The molecule has 0 aliphatic rings. The number of hydrogen-bond acceptors (Lipinski definition) is 7. The first kappa shape index (κ1) is 45.3. The average molecular weight is 649 g/mol. The van der Waals surface area contributed by atoms with Crippen molar-refractivity contribution in [2.24, 2.45) is 0 Å². The first-order chi connectivity index (χ1) is 17.8. The SMILES string of the molecule is CC#N.CN(CCN(C)Cc1cccc(N(C)C)n1)Cc1cccc(N(C)C)n1.F[B-](F)(F)F.F[B-](F)(F)F.[Co+2].[OH3+]. The van der Waals surface area contributed by atoms with Crippen LogP contribution in [0.3, 0.4) is 0 Å². The van der Waals surface area contributed by atoms with Crippen LogP contribution in [-0.4, -0.2) is 89.7 Å². The molecule has 8 nitrogen and oxygen atoms in total. The minimum atomic E-state index is -6.00. The molecule has 0 fully saturated rings. The van der Waals surface area contributed by atoms with Gasteiger partial charge >= 0.3 is 31.3 Å². The van der Waals surface area contributed by atoms with Crippen molar-refractivity contribution in [3.63, 3.8) is 0 Å². The summed E-state index contributed by atoms with van der Waals surface area (Å²) in [5.41, 5.74) is 2.20. The Bertz CT molecular complexity index is 900. The topological polar surface area (TPSA) is 95.5 Å². The normalized spacial score (nSPS) is 10.2. The van der Waals surface area contributed by atoms with Gasteiger partial charge < -0.3 is 49.8 Å². The third-order valence-corrected chi connectivity index (χ3v) is 4.23. The zero-order chi connectivity index (χ0) is 30.8. The molecule has 0 amide bonds. The van der Waals surface area contributed by atoms with E-state index in [1.54, 1.807) is 6.07 Å². The maximum absolute atomic E-state index is 9.75. The molecule has 3 N–H and O–H groups in total. The standard InChI is InChI=1S/C20H32N6.C2H3N.2BF4.Co.H2O/c1-23(2)19-11-7-9-17(21-19)15-25(5)13-14-26(6)16-18-10-8-12-20(22-18)24(3)4;1-2-3;2*2-1(3,4)5;;/h7-12H,13-16H2,1-6H3;1H3;;;;1H2/q;;2*-1;+2;/p+1. The summed E-state index contributed by atoms with van der Waals surface area (Å²) in [7, 11) is 0.355. The molecule has 0 unspecified atom stereocenters. The fraction of sp³-hybridized carbons (Fsp3) is 0.500. The van der Waals surface area contributed by atoms with Gasteiger partial charge in [-0.1, -0.05) is 12.1 Å². The van der Waals surface area contributed by atoms with Crippen LogP contribution in [0.4, 0.5) is 46.2 Å². The summed E-state index contributed by atoms with van der Waals surface area (Å²) < 4.78 is 78.0. The van der Waals surface area contributed by atoms with Gasteiger partial charge in [0.25, 0.3) is 0 Å². The number of pyridine rings is 2. The van der Waals surface area contributed by atoms with Crippen molar-refractivity contribution in [2.45, 2.75) is 20.0 Å². The second-order valence-electron chi connectivity index (χ2n) is 8.45. The molecule has 2 aromatic rings. The fourth-order valence-electron chi connectivity index (χ4n) is 2.66. The van der Waals surface area contributed by atoms with Crippen molar-refractivity contribution in [2.75, 3.05) is 65.2 Å². The maximum Gasteiger partial charge on any atom is 2.00 e. The Labute approximate surface area is 247 Å². The molecule has 0 spiro atoms. The van der Waals surface area contributed by atoms with Crippen molar-refractivity contribution in [1.29, 1.82) is 5.26 Å². The fourth-order valence-corrected chi connectivity index (χ4v) is 2.66. The van der Waals surface area contributed by atoms with Crippen LogP contribution in [0, 0.1) is 11.3 Å². The summed E-state index contributed by atoms with van der Waals surface area (Å²) in [5.74, 6) is 2.00. The Morgan fingerprint density at radius 2 is 0.902 bits per heavy atom. The number of aromatic nitrogens is 2. The van der Waals surface area contributed by atoms with Gasteiger partial charge in [0.15, 0.2) is 0 Å². The molecule has 2 aromatic heterocycles. The second-order valence-corrected chi connectivity index (χ2v) is 8.45. The van der Waals surface area contributed by atoms with Gasteiger partial charge in [-0.15, -0.1) is 0 Å². The molecule has 1 radical (unpaired) electrons. The Morgan fingerprint density at radius 3 is 1.12 bits per heavy atom. The number of halogens is 8. The molecule has 0 saturated heterocycles. The maximum atomic E-state index is 9.75. The van der Waals surface area contributed by atoms with Gasteiger partial charge in [0.2, 0.25) is 0 Å². The predicted molar refractivity (Wildman–Crippen MR) is 146 cm³/mol. The van der Waals surface area contributed by atoms with Gasteiger partial charge in [0.05, 0.1) is 17.5 Å². The first-order valence-electron chi connectivity index (χ1n) is 11.5. The van der Waals surface area contributed by atoms with Crippen LogP contribution in [0.15, 0.2) is 36.4 Å². The Kier molecular flexibility index (Phi) is 25.4. The van der Waals surface area contributed by atoms with E-state index >= 15 is 0 Å². The van der Waals surface area contributed by atoms with Gasteiger partial charge in [0, 0.05) is 61.3 Å². The summed E-state index contributed by atoms with van der Waals surface area (Å²) >= 11 is 0. The van der Waals surface area contributed by atoms with E-state index in [1.165, 1.54) is 6.92 Å². The second kappa shape index (κ2) is 23.0. The van der Waals surface area contributed by atoms with E-state index in [0.29, 0.717) is 0 Å². The van der Waals surface area contributed by atoms with E-state index in [1.807, 2.05) is 50.1 Å². The van der Waals surface area contributed by atoms with E-state index in [0.717, 1.165) is 49.2 Å². The van der Waals surface area contributed by atoms with E-state index in [2.05, 4.69) is 58.1 Å². The Hall–Kier alpha value is -2.65. The monoisotopic (exact) mass is 649 g/mol. The molecule has 0 aliphatic heterocycles. The molecular weight excluding hydrogens is 611 g/mol. The van der Waals surface area contributed by atoms with Crippen LogP contribution < -0.4 is 9.80 Å². The van der Waals surface area contributed by atoms with Crippen LogP contribution in [0.1, 0.15) is 18.3 Å². The van der Waals surface area contributed by atoms with E-state index in [4.69, 9.17) is 5.26 Å². The van der Waals surface area contributed by atoms with Crippen LogP contribution in [0.25, 0.3) is 0 Å². The van der Waals surface area contributed by atoms with Crippen molar-refractivity contribution in [1.82, 2.24) is 19.8 Å². The average Bonchev–Trinajstić information content (AvgIpc) is 2.76. The molecule has 237 valence electrons. The third-order valence-electron chi connectivity index (χ3n) is 4.23. The molecule has 0 aliphatic carbocycles. The number of anilines is 2. The summed E-state index contributed by atoms with van der Waals surface area (Å²) in [4.78, 5) is 18.1. The van der Waals surface area contributed by atoms with Gasteiger partial charge in [-0.3, -0.25) is 9.80 Å². The molecule has 2 heterocycles. The van der Waals surface area contributed by atoms with E-state index in [9.17, 15) is 34.5 Å². The first-order valence-corrected chi connectivity index (χ1v) is 11.5. The quantitative estimate of drug-likeness (QED) is 0.226. The number of nitriles is 1. The van der Waals surface area contributed by atoms with Crippen molar-refractivity contribution >= 4 is 26.1 Å². The molecule has 0 bridgehead atoms. The number of hydrogen-bond donors (Lipinski definition) is 0. The van der Waals surface area contributed by atoms with Crippen molar-refractivity contribution in [3.8, 4) is 6.07 Å². The number of nitrogens with zero attached hydrogens (tertiary/aromatic N) is 7. The largest absolute Gasteiger partial charge is 2.00 e. The van der Waals surface area contributed by atoms with E-state index in [-0.39, 0.29) is 22.3 Å². The molecule has 0 saturated carbocycles. The molecule has 0 atom stereocenters. The Balaban J connectivity index is -0.000000384. The molecular formula is C22H38B2CoF8N7O+. The summed E-state index contributed by atoms with van der Waals surface area (Å²) in [6.07, 6.45) is 0. The number of rotatable bonds is 9. The van der Waals surface area contributed by atoms with E-state index < -0.39 is 14.5 Å². The minimum absolute atomic E-state index is 0. The van der Waals surface area contributed by atoms with Crippen LogP contribution in [-0.2, 0) is 35.3 Å². The van der Waals surface area contributed by atoms with Crippen LogP contribution in [0.2, 0.25) is 0 Å². The number of likely N-dealkylation sites (N-methyl/N-ethyl adjacent to an activating group) is 2.